The van der Waals surface area contributed by atoms with Crippen molar-refractivity contribution in [1.29, 1.82) is 0 Å². The Morgan fingerprint density at radius 2 is 1.56 bits per heavy atom. The van der Waals surface area contributed by atoms with E-state index in [9.17, 15) is 14.7 Å². The fourth-order valence-electron chi connectivity index (χ4n) is 3.95. The number of ketones is 1. The van der Waals surface area contributed by atoms with Crippen LogP contribution in [0.3, 0.4) is 0 Å². The summed E-state index contributed by atoms with van der Waals surface area (Å²) in [5.74, 6) is -1.54. The zero-order valence-electron chi connectivity index (χ0n) is 18.0. The maximum absolute atomic E-state index is 13.2. The first kappa shape index (κ1) is 21.8. The Bertz CT molecular complexity index is 1210. The summed E-state index contributed by atoms with van der Waals surface area (Å²) in [6.45, 7) is 1.90. The summed E-state index contributed by atoms with van der Waals surface area (Å²) in [6.07, 6.45) is 0. The summed E-state index contributed by atoms with van der Waals surface area (Å²) in [6, 6.07) is 21.4. The third kappa shape index (κ3) is 3.82. The number of benzene rings is 3. The van der Waals surface area contributed by atoms with E-state index in [4.69, 9.17) is 0 Å². The minimum absolute atomic E-state index is 0.0816. The number of carbonyl (C=O) groups is 2. The van der Waals surface area contributed by atoms with Gasteiger partial charge in [-0.1, -0.05) is 58.4 Å². The van der Waals surface area contributed by atoms with E-state index >= 15 is 0 Å². The third-order valence-electron chi connectivity index (χ3n) is 5.66. The number of halogens is 1. The minimum Gasteiger partial charge on any atom is -0.507 e. The molecule has 3 aromatic rings. The van der Waals surface area contributed by atoms with Crippen molar-refractivity contribution in [1.82, 2.24) is 0 Å². The first-order chi connectivity index (χ1) is 15.3. The van der Waals surface area contributed by atoms with E-state index < -0.39 is 17.7 Å². The van der Waals surface area contributed by atoms with E-state index in [0.717, 1.165) is 21.3 Å². The number of Topliss-reactive ketones (excluding diaryl/α,β-unsaturated/α-hetero) is 1. The Labute approximate surface area is 195 Å². The van der Waals surface area contributed by atoms with Crippen molar-refractivity contribution in [2.24, 2.45) is 0 Å². The van der Waals surface area contributed by atoms with Crippen LogP contribution in [0.5, 0.6) is 0 Å². The van der Waals surface area contributed by atoms with E-state index in [1.165, 1.54) is 4.90 Å². The van der Waals surface area contributed by atoms with Gasteiger partial charge in [-0.15, -0.1) is 0 Å². The molecule has 1 fully saturated rings. The second-order valence-corrected chi connectivity index (χ2v) is 8.86. The fourth-order valence-corrected chi connectivity index (χ4v) is 4.21. The highest BCUT2D eigenvalue weighted by Gasteiger charge is 2.47. The van der Waals surface area contributed by atoms with Crippen molar-refractivity contribution >= 4 is 44.8 Å². The molecule has 5 nitrogen and oxygen atoms in total. The van der Waals surface area contributed by atoms with Crippen molar-refractivity contribution in [2.45, 2.75) is 13.0 Å². The van der Waals surface area contributed by atoms with Gasteiger partial charge in [-0.25, -0.2) is 0 Å². The molecule has 0 bridgehead atoms. The zero-order valence-corrected chi connectivity index (χ0v) is 19.6. The van der Waals surface area contributed by atoms with E-state index in [-0.39, 0.29) is 11.3 Å². The van der Waals surface area contributed by atoms with Crippen molar-refractivity contribution in [3.8, 4) is 0 Å². The van der Waals surface area contributed by atoms with Crippen LogP contribution >= 0.6 is 15.9 Å². The summed E-state index contributed by atoms with van der Waals surface area (Å²) in [5.41, 5.74) is 3.81. The molecule has 1 atom stereocenters. The maximum atomic E-state index is 13.2. The summed E-state index contributed by atoms with van der Waals surface area (Å²) in [4.78, 5) is 29.9. The standard InChI is InChI=1S/C26H23BrN2O3/c1-16-6-4-5-7-21(16)29-23(17-10-14-20(15-11-17)28(2)3)22(25(31)26(29)32)24(30)18-8-12-19(27)13-9-18/h4-15,23,30H,1-3H3/b24-22-. The number of rotatable bonds is 4. The molecular weight excluding hydrogens is 468 g/mol. The normalized spacial score (nSPS) is 17.6. The fraction of sp³-hybridized carbons (Fsp3) is 0.154. The summed E-state index contributed by atoms with van der Waals surface area (Å²) < 4.78 is 0.852. The predicted molar refractivity (Wildman–Crippen MR) is 131 cm³/mol. The quantitative estimate of drug-likeness (QED) is 0.300. The Morgan fingerprint density at radius 3 is 2.16 bits per heavy atom. The minimum atomic E-state index is -0.740. The van der Waals surface area contributed by atoms with Gasteiger partial charge in [-0.05, 0) is 48.4 Å². The molecule has 0 aromatic heterocycles. The maximum Gasteiger partial charge on any atom is 0.300 e. The molecule has 0 spiro atoms. The van der Waals surface area contributed by atoms with Gasteiger partial charge in [0.05, 0.1) is 11.6 Å². The number of nitrogens with zero attached hydrogens (tertiary/aromatic N) is 2. The summed E-state index contributed by atoms with van der Waals surface area (Å²) >= 11 is 3.38. The van der Waals surface area contributed by atoms with Gasteiger partial charge in [0.2, 0.25) is 0 Å². The lowest BCUT2D eigenvalue weighted by molar-refractivity contribution is -0.132. The van der Waals surface area contributed by atoms with Crippen LogP contribution in [0.1, 0.15) is 22.7 Å². The number of hydrogen-bond donors (Lipinski definition) is 1. The summed E-state index contributed by atoms with van der Waals surface area (Å²) in [7, 11) is 3.89. The SMILES string of the molecule is Cc1ccccc1N1C(=O)C(=O)/C(=C(\O)c2ccc(Br)cc2)C1c1ccc(N(C)C)cc1. The van der Waals surface area contributed by atoms with E-state index in [1.54, 1.807) is 24.3 Å². The van der Waals surface area contributed by atoms with E-state index in [2.05, 4.69) is 15.9 Å². The van der Waals surface area contributed by atoms with Gasteiger partial charge in [0.25, 0.3) is 11.7 Å². The van der Waals surface area contributed by atoms with Crippen molar-refractivity contribution < 1.29 is 14.7 Å². The Hall–Kier alpha value is -3.38. The molecule has 162 valence electrons. The molecule has 1 N–H and O–H groups in total. The number of aryl methyl sites for hydroxylation is 1. The molecule has 1 heterocycles. The van der Waals surface area contributed by atoms with Gasteiger partial charge in [-0.3, -0.25) is 14.5 Å². The molecule has 1 aliphatic heterocycles. The molecule has 0 radical (unpaired) electrons. The van der Waals surface area contributed by atoms with E-state index in [0.29, 0.717) is 11.3 Å². The smallest absolute Gasteiger partial charge is 0.300 e. The van der Waals surface area contributed by atoms with Gasteiger partial charge in [0, 0.05) is 35.5 Å². The topological polar surface area (TPSA) is 60.9 Å². The van der Waals surface area contributed by atoms with Crippen LogP contribution in [0.4, 0.5) is 11.4 Å². The van der Waals surface area contributed by atoms with Crippen LogP contribution in [0.15, 0.2) is 82.8 Å². The third-order valence-corrected chi connectivity index (χ3v) is 6.19. The van der Waals surface area contributed by atoms with Crippen molar-refractivity contribution in [2.75, 3.05) is 23.9 Å². The van der Waals surface area contributed by atoms with Crippen molar-refractivity contribution in [3.63, 3.8) is 0 Å². The number of carbonyl (C=O) groups excluding carboxylic acids is 2. The lowest BCUT2D eigenvalue weighted by Crippen LogP contribution is -2.30. The number of anilines is 2. The second kappa shape index (κ2) is 8.63. The molecule has 0 aliphatic carbocycles. The van der Waals surface area contributed by atoms with Crippen LogP contribution < -0.4 is 9.80 Å². The highest BCUT2D eigenvalue weighted by atomic mass is 79.9. The van der Waals surface area contributed by atoms with Crippen molar-refractivity contribution in [3.05, 3.63) is 99.5 Å². The monoisotopic (exact) mass is 490 g/mol. The average molecular weight is 491 g/mol. The second-order valence-electron chi connectivity index (χ2n) is 7.95. The molecule has 4 rings (SSSR count). The summed E-state index contributed by atoms with van der Waals surface area (Å²) in [5, 5.41) is 11.2. The van der Waals surface area contributed by atoms with Crippen LogP contribution in [0.2, 0.25) is 0 Å². The average Bonchev–Trinajstić information content (AvgIpc) is 3.05. The number of para-hydroxylation sites is 1. The predicted octanol–water partition coefficient (Wildman–Crippen LogP) is 5.45. The highest BCUT2D eigenvalue weighted by Crippen LogP contribution is 2.43. The van der Waals surface area contributed by atoms with E-state index in [1.807, 2.05) is 74.4 Å². The molecule has 3 aromatic carbocycles. The first-order valence-electron chi connectivity index (χ1n) is 10.2. The van der Waals surface area contributed by atoms with Gasteiger partial charge < -0.3 is 10.0 Å². The molecular formula is C26H23BrN2O3. The lowest BCUT2D eigenvalue weighted by Gasteiger charge is -2.27. The molecule has 1 saturated heterocycles. The molecule has 1 unspecified atom stereocenters. The zero-order chi connectivity index (χ0) is 23.0. The largest absolute Gasteiger partial charge is 0.507 e. The number of aliphatic hydroxyl groups is 1. The van der Waals surface area contributed by atoms with Crippen LogP contribution in [0.25, 0.3) is 5.76 Å². The Kier molecular flexibility index (Phi) is 5.89. The first-order valence-corrected chi connectivity index (χ1v) is 11.0. The number of hydrogen-bond acceptors (Lipinski definition) is 4. The molecule has 32 heavy (non-hydrogen) atoms. The lowest BCUT2D eigenvalue weighted by atomic mass is 9.94. The Morgan fingerprint density at radius 1 is 0.938 bits per heavy atom. The van der Waals surface area contributed by atoms with Gasteiger partial charge >= 0.3 is 0 Å². The Balaban J connectivity index is 1.94. The number of aliphatic hydroxyl groups excluding tert-OH is 1. The van der Waals surface area contributed by atoms with Crippen LogP contribution in [0, 0.1) is 6.92 Å². The number of amides is 1. The molecule has 1 aliphatic rings. The highest BCUT2D eigenvalue weighted by molar-refractivity contribution is 9.10. The van der Waals surface area contributed by atoms with Gasteiger partial charge in [-0.2, -0.15) is 0 Å². The molecule has 6 heteroatoms. The van der Waals surface area contributed by atoms with Gasteiger partial charge in [0.15, 0.2) is 0 Å². The van der Waals surface area contributed by atoms with Crippen LogP contribution in [-0.4, -0.2) is 30.9 Å². The van der Waals surface area contributed by atoms with Crippen LogP contribution in [-0.2, 0) is 9.59 Å². The molecule has 0 saturated carbocycles. The molecule has 1 amide bonds. The van der Waals surface area contributed by atoms with Gasteiger partial charge in [0.1, 0.15) is 5.76 Å².